The van der Waals surface area contributed by atoms with Crippen molar-refractivity contribution in [2.45, 2.75) is 18.9 Å². The van der Waals surface area contributed by atoms with E-state index in [1.54, 1.807) is 7.05 Å². The zero-order valence-corrected chi connectivity index (χ0v) is 11.1. The smallest absolute Gasteiger partial charge is 0.304 e. The van der Waals surface area contributed by atoms with Gasteiger partial charge in [0.25, 0.3) is 0 Å². The molecule has 3 rings (SSSR count). The zero-order valence-electron chi connectivity index (χ0n) is 11.1. The Labute approximate surface area is 115 Å². The average Bonchev–Trinajstić information content (AvgIpc) is 2.95. The normalized spacial score (nSPS) is 17.2. The first-order chi connectivity index (χ1) is 9.63. The van der Waals surface area contributed by atoms with Crippen molar-refractivity contribution in [3.8, 4) is 0 Å². The third-order valence-electron chi connectivity index (χ3n) is 3.46. The Kier molecular flexibility index (Phi) is 3.09. The Hall–Kier alpha value is -2.44. The lowest BCUT2D eigenvalue weighted by Crippen LogP contribution is -2.23. The molecule has 2 heterocycles. The number of anilines is 1. The van der Waals surface area contributed by atoms with Crippen molar-refractivity contribution in [2.24, 2.45) is 7.05 Å². The maximum Gasteiger partial charge on any atom is 0.304 e. The fraction of sp³-hybridized carbons (Fsp3) is 0.385. The number of para-hydroxylation sites is 1. The molecule has 1 aliphatic heterocycles. The molecule has 1 unspecified atom stereocenters. The molecule has 1 N–H and O–H groups in total. The molecule has 20 heavy (non-hydrogen) atoms. The summed E-state index contributed by atoms with van der Waals surface area (Å²) in [7, 11) is 1.72. The van der Waals surface area contributed by atoms with E-state index in [2.05, 4.69) is 20.3 Å². The summed E-state index contributed by atoms with van der Waals surface area (Å²) in [5, 5.41) is 21.0. The summed E-state index contributed by atoms with van der Waals surface area (Å²) >= 11 is 0. The van der Waals surface area contributed by atoms with Crippen LogP contribution in [0.3, 0.4) is 0 Å². The molecule has 0 fully saturated rings. The lowest BCUT2D eigenvalue weighted by atomic mass is 9.98. The molecule has 0 aliphatic carbocycles. The van der Waals surface area contributed by atoms with Gasteiger partial charge in [-0.05, 0) is 16.8 Å². The van der Waals surface area contributed by atoms with Crippen molar-refractivity contribution in [2.75, 3.05) is 11.4 Å². The van der Waals surface area contributed by atoms with Crippen LogP contribution in [0.2, 0.25) is 0 Å². The fourth-order valence-corrected chi connectivity index (χ4v) is 2.68. The summed E-state index contributed by atoms with van der Waals surface area (Å²) in [6.45, 7) is 1.21. The molecule has 1 atom stereocenters. The molecule has 1 aromatic heterocycles. The molecule has 104 valence electrons. The highest BCUT2D eigenvalue weighted by molar-refractivity contribution is 5.71. The molecular weight excluding hydrogens is 258 g/mol. The van der Waals surface area contributed by atoms with Gasteiger partial charge < -0.3 is 10.0 Å². The fourth-order valence-electron chi connectivity index (χ4n) is 2.68. The molecule has 7 heteroatoms. The molecule has 0 saturated heterocycles. The minimum Gasteiger partial charge on any atom is -0.481 e. The van der Waals surface area contributed by atoms with Gasteiger partial charge in [-0.25, -0.2) is 0 Å². The van der Waals surface area contributed by atoms with E-state index in [1.165, 1.54) is 4.80 Å². The van der Waals surface area contributed by atoms with Gasteiger partial charge >= 0.3 is 5.97 Å². The van der Waals surface area contributed by atoms with Crippen LogP contribution in [0.1, 0.15) is 23.7 Å². The van der Waals surface area contributed by atoms with E-state index in [-0.39, 0.29) is 12.3 Å². The number of fused-ring (bicyclic) bond motifs is 1. The van der Waals surface area contributed by atoms with Crippen LogP contribution in [0.4, 0.5) is 5.69 Å². The van der Waals surface area contributed by atoms with E-state index in [1.807, 2.05) is 24.3 Å². The molecule has 2 aromatic rings. The monoisotopic (exact) mass is 273 g/mol. The van der Waals surface area contributed by atoms with Crippen LogP contribution in [-0.2, 0) is 18.4 Å². The van der Waals surface area contributed by atoms with Gasteiger partial charge in [0.2, 0.25) is 0 Å². The van der Waals surface area contributed by atoms with Gasteiger partial charge in [-0.3, -0.25) is 4.79 Å². The van der Waals surface area contributed by atoms with Gasteiger partial charge in [-0.15, -0.1) is 10.2 Å². The number of aliphatic carboxylic acids is 1. The Morgan fingerprint density at radius 3 is 2.95 bits per heavy atom. The largest absolute Gasteiger partial charge is 0.481 e. The first-order valence-corrected chi connectivity index (χ1v) is 6.42. The van der Waals surface area contributed by atoms with Crippen molar-refractivity contribution in [3.63, 3.8) is 0 Å². The van der Waals surface area contributed by atoms with Crippen LogP contribution in [-0.4, -0.2) is 37.8 Å². The minimum atomic E-state index is -0.774. The number of rotatable bonds is 4. The highest BCUT2D eigenvalue weighted by atomic mass is 16.4. The number of hydrogen-bond donors (Lipinski definition) is 1. The van der Waals surface area contributed by atoms with Gasteiger partial charge in [-0.1, -0.05) is 18.2 Å². The lowest BCUT2D eigenvalue weighted by Gasteiger charge is -2.17. The van der Waals surface area contributed by atoms with Gasteiger partial charge in [0.1, 0.15) is 0 Å². The topological polar surface area (TPSA) is 84.1 Å². The predicted octanol–water partition coefficient (Wildman–Crippen LogP) is 0.789. The number of tetrazole rings is 1. The van der Waals surface area contributed by atoms with Crippen molar-refractivity contribution >= 4 is 11.7 Å². The number of aromatic nitrogens is 4. The first kappa shape index (κ1) is 12.6. The van der Waals surface area contributed by atoms with Crippen LogP contribution >= 0.6 is 0 Å². The summed E-state index contributed by atoms with van der Waals surface area (Å²) in [5.41, 5.74) is 2.14. The van der Waals surface area contributed by atoms with Gasteiger partial charge in [0.15, 0.2) is 5.82 Å². The number of benzene rings is 1. The minimum absolute atomic E-state index is 0.0142. The second-order valence-electron chi connectivity index (χ2n) is 4.93. The zero-order chi connectivity index (χ0) is 14.1. The molecule has 7 nitrogen and oxygen atoms in total. The predicted molar refractivity (Wildman–Crippen MR) is 71.3 cm³/mol. The number of carboxylic acid groups (broad SMARTS) is 1. The number of carboxylic acids is 1. The molecule has 1 aliphatic rings. The van der Waals surface area contributed by atoms with Crippen LogP contribution < -0.4 is 4.90 Å². The summed E-state index contributed by atoms with van der Waals surface area (Å²) < 4.78 is 0. The van der Waals surface area contributed by atoms with E-state index < -0.39 is 5.97 Å². The third-order valence-corrected chi connectivity index (χ3v) is 3.46. The number of carbonyl (C=O) groups is 1. The van der Waals surface area contributed by atoms with Gasteiger partial charge in [0.05, 0.1) is 20.0 Å². The summed E-state index contributed by atoms with van der Waals surface area (Å²) in [6.07, 6.45) is 0.140. The maximum atomic E-state index is 11.0. The number of nitrogens with zero attached hydrogens (tertiary/aromatic N) is 5. The highest BCUT2D eigenvalue weighted by Crippen LogP contribution is 2.38. The molecule has 0 amide bonds. The summed E-state index contributed by atoms with van der Waals surface area (Å²) in [6, 6.07) is 7.90. The standard InChI is InChI=1S/C13H15N5O2/c1-17-15-12(14-16-17)8-18-7-9(6-13(19)20)10-4-2-3-5-11(10)18/h2-5,9H,6-8H2,1H3,(H,19,20). The van der Waals surface area contributed by atoms with Gasteiger partial charge in [-0.2, -0.15) is 4.80 Å². The molecule has 1 aromatic carbocycles. The molecule has 0 bridgehead atoms. The van der Waals surface area contributed by atoms with Crippen molar-refractivity contribution in [1.29, 1.82) is 0 Å². The Bertz CT molecular complexity index is 639. The van der Waals surface area contributed by atoms with Crippen LogP contribution in [0.25, 0.3) is 0 Å². The SMILES string of the molecule is Cn1nnc(CN2CC(CC(=O)O)c3ccccc32)n1. The van der Waals surface area contributed by atoms with Crippen molar-refractivity contribution in [1.82, 2.24) is 20.2 Å². The summed E-state index contributed by atoms with van der Waals surface area (Å²) in [4.78, 5) is 14.5. The average molecular weight is 273 g/mol. The highest BCUT2D eigenvalue weighted by Gasteiger charge is 2.30. The molecule has 0 saturated carbocycles. The van der Waals surface area contributed by atoms with E-state index in [0.29, 0.717) is 18.9 Å². The first-order valence-electron chi connectivity index (χ1n) is 6.42. The van der Waals surface area contributed by atoms with E-state index in [4.69, 9.17) is 5.11 Å². The second kappa shape index (κ2) is 4.92. The molecular formula is C13H15N5O2. The second-order valence-corrected chi connectivity index (χ2v) is 4.93. The quantitative estimate of drug-likeness (QED) is 0.886. The van der Waals surface area contributed by atoms with Crippen molar-refractivity contribution < 1.29 is 9.90 Å². The summed E-state index contributed by atoms with van der Waals surface area (Å²) in [5.74, 6) is -0.122. The van der Waals surface area contributed by atoms with E-state index >= 15 is 0 Å². The van der Waals surface area contributed by atoms with Crippen LogP contribution in [0.15, 0.2) is 24.3 Å². The molecule has 0 radical (unpaired) electrons. The van der Waals surface area contributed by atoms with Crippen molar-refractivity contribution in [3.05, 3.63) is 35.7 Å². The third kappa shape index (κ3) is 2.34. The molecule has 0 spiro atoms. The van der Waals surface area contributed by atoms with Crippen LogP contribution in [0, 0.1) is 0 Å². The number of aryl methyl sites for hydroxylation is 1. The Balaban J connectivity index is 1.84. The van der Waals surface area contributed by atoms with E-state index in [9.17, 15) is 4.79 Å². The Morgan fingerprint density at radius 1 is 1.45 bits per heavy atom. The Morgan fingerprint density at radius 2 is 2.25 bits per heavy atom. The number of hydrogen-bond acceptors (Lipinski definition) is 5. The van der Waals surface area contributed by atoms with E-state index in [0.717, 1.165) is 11.3 Å². The lowest BCUT2D eigenvalue weighted by molar-refractivity contribution is -0.137. The van der Waals surface area contributed by atoms with Gasteiger partial charge in [0, 0.05) is 18.2 Å². The van der Waals surface area contributed by atoms with Crippen LogP contribution in [0.5, 0.6) is 0 Å². The maximum absolute atomic E-state index is 11.0.